The summed E-state index contributed by atoms with van der Waals surface area (Å²) in [5.41, 5.74) is 0.271. The first-order valence-corrected chi connectivity index (χ1v) is 12.0. The Bertz CT molecular complexity index is 1420. The van der Waals surface area contributed by atoms with Crippen LogP contribution in [0.1, 0.15) is 34.3 Å². The number of halogens is 1. The maximum Gasteiger partial charge on any atom is 0.325 e. The summed E-state index contributed by atoms with van der Waals surface area (Å²) in [4.78, 5) is 39.1. The molecule has 5 nitrogen and oxygen atoms in total. The van der Waals surface area contributed by atoms with Gasteiger partial charge in [0.1, 0.15) is 0 Å². The van der Waals surface area contributed by atoms with E-state index in [0.29, 0.717) is 10.6 Å². The number of rotatable bonds is 7. The highest BCUT2D eigenvalue weighted by Gasteiger charge is 2.47. The van der Waals surface area contributed by atoms with E-state index in [0.717, 1.165) is 11.1 Å². The Morgan fingerprint density at radius 1 is 0.789 bits per heavy atom. The van der Waals surface area contributed by atoms with Gasteiger partial charge in [0, 0.05) is 29.0 Å². The van der Waals surface area contributed by atoms with Gasteiger partial charge >= 0.3 is 11.9 Å². The summed E-state index contributed by atoms with van der Waals surface area (Å²) in [6, 6.07) is 24.8. The number of carbonyl (C=O) groups excluding carboxylic acids is 3. The molecule has 0 fully saturated rings. The average Bonchev–Trinajstić information content (AvgIpc) is 2.96. The van der Waals surface area contributed by atoms with Gasteiger partial charge < -0.3 is 9.47 Å². The van der Waals surface area contributed by atoms with E-state index in [1.165, 1.54) is 14.2 Å². The van der Waals surface area contributed by atoms with Crippen LogP contribution in [0.4, 0.5) is 0 Å². The third-order valence-corrected chi connectivity index (χ3v) is 5.88. The molecule has 0 atom stereocenters. The molecular formula is C32H25ClO5. The van der Waals surface area contributed by atoms with Gasteiger partial charge in [-0.3, -0.25) is 14.4 Å². The molecule has 0 N–H and O–H groups in total. The van der Waals surface area contributed by atoms with Crippen molar-refractivity contribution in [2.75, 3.05) is 14.2 Å². The minimum Gasteiger partial charge on any atom is -0.468 e. The monoisotopic (exact) mass is 524 g/mol. The molecule has 3 rings (SSSR count). The van der Waals surface area contributed by atoms with E-state index in [1.807, 2.05) is 60.7 Å². The van der Waals surface area contributed by atoms with Crippen LogP contribution in [-0.4, -0.2) is 31.9 Å². The number of hydrogen-bond acceptors (Lipinski definition) is 5. The van der Waals surface area contributed by atoms with Crippen LogP contribution in [0.2, 0.25) is 5.02 Å². The molecule has 0 amide bonds. The zero-order chi connectivity index (χ0) is 27.4. The highest BCUT2D eigenvalue weighted by atomic mass is 35.5. The van der Waals surface area contributed by atoms with E-state index in [9.17, 15) is 14.4 Å². The van der Waals surface area contributed by atoms with Gasteiger partial charge in [-0.1, -0.05) is 83.8 Å². The third-order valence-electron chi connectivity index (χ3n) is 5.62. The van der Waals surface area contributed by atoms with Crippen molar-refractivity contribution in [1.29, 1.82) is 0 Å². The van der Waals surface area contributed by atoms with E-state index in [4.69, 9.17) is 21.1 Å². The lowest BCUT2D eigenvalue weighted by Crippen LogP contribution is -2.40. The SMILES string of the molecule is COC(=O)C(CC#C/C(=C\c1ccccc1)C(=O)c1ccc(Cl)cc1)(CC#Cc1ccccc1)C(=O)OC. The summed E-state index contributed by atoms with van der Waals surface area (Å²) in [7, 11) is 2.37. The standard InChI is InChI=1S/C32H25ClO5/c1-37-30(35)32(31(36)38-2,21-9-15-24-11-5-3-6-12-24)22-10-16-27(23-25-13-7-4-8-14-25)29(34)26-17-19-28(33)20-18-26/h3-8,11-14,17-20,23H,21-22H2,1-2H3/b27-23+. The molecular weight excluding hydrogens is 500 g/mol. The quantitative estimate of drug-likeness (QED) is 0.129. The van der Waals surface area contributed by atoms with Gasteiger partial charge in [-0.05, 0) is 48.0 Å². The second-order valence-corrected chi connectivity index (χ2v) is 8.63. The van der Waals surface area contributed by atoms with Crippen LogP contribution in [0.3, 0.4) is 0 Å². The molecule has 0 aromatic heterocycles. The van der Waals surface area contributed by atoms with Gasteiger partial charge in [0.15, 0.2) is 5.41 Å². The van der Waals surface area contributed by atoms with Crippen LogP contribution in [0.15, 0.2) is 90.5 Å². The van der Waals surface area contributed by atoms with Crippen LogP contribution < -0.4 is 0 Å². The molecule has 0 unspecified atom stereocenters. The van der Waals surface area contributed by atoms with Gasteiger partial charge in [-0.25, -0.2) is 0 Å². The van der Waals surface area contributed by atoms with Crippen molar-refractivity contribution in [2.24, 2.45) is 5.41 Å². The molecule has 3 aromatic carbocycles. The molecule has 38 heavy (non-hydrogen) atoms. The minimum atomic E-state index is -1.79. The van der Waals surface area contributed by atoms with Crippen LogP contribution in [0.25, 0.3) is 6.08 Å². The molecule has 0 aliphatic carbocycles. The number of Topliss-reactive ketones (excluding diaryl/α,β-unsaturated/α-hetero) is 1. The van der Waals surface area contributed by atoms with Crippen molar-refractivity contribution in [3.63, 3.8) is 0 Å². The van der Waals surface area contributed by atoms with Gasteiger partial charge in [-0.2, -0.15) is 0 Å². The fraction of sp³-hybridized carbons (Fsp3) is 0.156. The van der Waals surface area contributed by atoms with Crippen molar-refractivity contribution in [1.82, 2.24) is 0 Å². The third kappa shape index (κ3) is 7.23. The van der Waals surface area contributed by atoms with Crippen LogP contribution in [0, 0.1) is 29.1 Å². The fourth-order valence-corrected chi connectivity index (χ4v) is 3.69. The second-order valence-electron chi connectivity index (χ2n) is 8.19. The number of ether oxygens (including phenoxy) is 2. The first-order valence-electron chi connectivity index (χ1n) is 11.7. The highest BCUT2D eigenvalue weighted by molar-refractivity contribution is 6.30. The van der Waals surface area contributed by atoms with E-state index < -0.39 is 17.4 Å². The topological polar surface area (TPSA) is 69.7 Å². The Hall–Kier alpha value is -4.58. The zero-order valence-corrected chi connectivity index (χ0v) is 21.7. The fourth-order valence-electron chi connectivity index (χ4n) is 3.57. The predicted octanol–water partition coefficient (Wildman–Crippen LogP) is 5.77. The molecule has 3 aromatic rings. The Morgan fingerprint density at radius 2 is 1.34 bits per heavy atom. The number of ketones is 1. The summed E-state index contributed by atoms with van der Waals surface area (Å²) in [5.74, 6) is 9.58. The number of esters is 2. The van der Waals surface area contributed by atoms with Crippen molar-refractivity contribution in [2.45, 2.75) is 12.8 Å². The molecule has 0 aliphatic heterocycles. The molecule has 6 heteroatoms. The first-order chi connectivity index (χ1) is 18.4. The average molecular weight is 525 g/mol. The first kappa shape index (κ1) is 28.0. The van der Waals surface area contributed by atoms with Crippen molar-refractivity contribution < 1.29 is 23.9 Å². The van der Waals surface area contributed by atoms with Gasteiger partial charge in [-0.15, -0.1) is 0 Å². The van der Waals surface area contributed by atoms with Gasteiger partial charge in [0.25, 0.3) is 0 Å². The van der Waals surface area contributed by atoms with E-state index in [-0.39, 0.29) is 24.2 Å². The molecule has 0 heterocycles. The summed E-state index contributed by atoms with van der Waals surface area (Å²) in [6.07, 6.45) is 1.20. The number of benzene rings is 3. The molecule has 0 bridgehead atoms. The van der Waals surface area contributed by atoms with Gasteiger partial charge in [0.2, 0.25) is 5.78 Å². The van der Waals surface area contributed by atoms with Gasteiger partial charge in [0.05, 0.1) is 19.8 Å². The number of methoxy groups -OCH3 is 2. The second kappa shape index (κ2) is 13.7. The number of hydrogen-bond donors (Lipinski definition) is 0. The summed E-state index contributed by atoms with van der Waals surface area (Å²) < 4.78 is 9.91. The van der Waals surface area contributed by atoms with Crippen LogP contribution >= 0.6 is 11.6 Å². The van der Waals surface area contributed by atoms with Crippen molar-refractivity contribution in [3.05, 3.63) is 112 Å². The van der Waals surface area contributed by atoms with Crippen molar-refractivity contribution in [3.8, 4) is 23.7 Å². The molecule has 0 radical (unpaired) electrons. The lowest BCUT2D eigenvalue weighted by atomic mass is 9.81. The lowest BCUT2D eigenvalue weighted by molar-refractivity contribution is -0.168. The Balaban J connectivity index is 2.01. The predicted molar refractivity (Wildman–Crippen MR) is 147 cm³/mol. The normalized spacial score (nSPS) is 10.8. The highest BCUT2D eigenvalue weighted by Crippen LogP contribution is 2.30. The zero-order valence-electron chi connectivity index (χ0n) is 21.0. The summed E-state index contributed by atoms with van der Waals surface area (Å²) in [6.45, 7) is 0. The summed E-state index contributed by atoms with van der Waals surface area (Å²) in [5, 5.41) is 0.499. The van der Waals surface area contributed by atoms with E-state index in [1.54, 1.807) is 30.3 Å². The molecule has 0 saturated heterocycles. The molecule has 0 aliphatic rings. The Morgan fingerprint density at radius 3 is 1.92 bits per heavy atom. The molecule has 0 saturated carbocycles. The van der Waals surface area contributed by atoms with E-state index in [2.05, 4.69) is 23.7 Å². The lowest BCUT2D eigenvalue weighted by Gasteiger charge is -2.24. The van der Waals surface area contributed by atoms with Crippen molar-refractivity contribution >= 4 is 35.4 Å². The maximum absolute atomic E-state index is 13.3. The smallest absolute Gasteiger partial charge is 0.325 e. The number of allylic oxidation sites excluding steroid dienone is 1. The summed E-state index contributed by atoms with van der Waals surface area (Å²) >= 11 is 5.97. The van der Waals surface area contributed by atoms with Crippen LogP contribution in [-0.2, 0) is 19.1 Å². The molecule has 0 spiro atoms. The molecule has 190 valence electrons. The van der Waals surface area contributed by atoms with Crippen LogP contribution in [0.5, 0.6) is 0 Å². The largest absolute Gasteiger partial charge is 0.468 e. The minimum absolute atomic E-state index is 0.178. The number of carbonyl (C=O) groups is 3. The van der Waals surface area contributed by atoms with E-state index >= 15 is 0 Å². The Labute approximate surface area is 227 Å². The maximum atomic E-state index is 13.3. The Kier molecular flexibility index (Phi) is 10.1.